The molecule has 1 aliphatic rings. The maximum absolute atomic E-state index is 13.6. The van der Waals surface area contributed by atoms with Gasteiger partial charge in [0, 0.05) is 18.5 Å². The van der Waals surface area contributed by atoms with Crippen molar-refractivity contribution in [3.8, 4) is 11.3 Å². The summed E-state index contributed by atoms with van der Waals surface area (Å²) in [4.78, 5) is 27.1. The Morgan fingerprint density at radius 3 is 2.91 bits per heavy atom. The van der Waals surface area contributed by atoms with Crippen LogP contribution in [0.4, 0.5) is 4.39 Å². The molecule has 0 radical (unpaired) electrons. The standard InChI is InChI=1S/C26H25FN4O2/c1-17-28-22-10-8-18(14-24(22)29-17)9-11-26(32)31-12-13-33-25(16-31)23-7-3-6-21(30-23)19-4-2-5-20(27)15-19/h2-8,10,14-15,25H,9,11-13,16H2,1H3,(H,28,29)/t25-/m1/s1. The number of fused-ring (bicyclic) bond motifs is 1. The van der Waals surface area contributed by atoms with Gasteiger partial charge in [-0.1, -0.05) is 24.3 Å². The van der Waals surface area contributed by atoms with Crippen LogP contribution in [0, 0.1) is 12.7 Å². The second-order valence-corrected chi connectivity index (χ2v) is 8.33. The molecular formula is C26H25FN4O2. The van der Waals surface area contributed by atoms with E-state index in [1.54, 1.807) is 6.07 Å². The predicted molar refractivity (Wildman–Crippen MR) is 124 cm³/mol. The van der Waals surface area contributed by atoms with Gasteiger partial charge in [0.2, 0.25) is 5.91 Å². The number of morpholine rings is 1. The number of H-pyrrole nitrogens is 1. The summed E-state index contributed by atoms with van der Waals surface area (Å²) in [5, 5.41) is 0. The molecule has 0 unspecified atom stereocenters. The molecule has 4 aromatic rings. The molecule has 0 aliphatic carbocycles. The van der Waals surface area contributed by atoms with Gasteiger partial charge in [0.1, 0.15) is 17.7 Å². The van der Waals surface area contributed by atoms with Crippen LogP contribution in [0.1, 0.15) is 29.6 Å². The van der Waals surface area contributed by atoms with Crippen LogP contribution in [-0.4, -0.2) is 45.5 Å². The number of pyridine rings is 1. The highest BCUT2D eigenvalue weighted by Gasteiger charge is 2.26. The van der Waals surface area contributed by atoms with Crippen LogP contribution < -0.4 is 0 Å². The van der Waals surface area contributed by atoms with Gasteiger partial charge in [0.25, 0.3) is 0 Å². The van der Waals surface area contributed by atoms with Gasteiger partial charge in [-0.05, 0) is 55.3 Å². The average Bonchev–Trinajstić information content (AvgIpc) is 3.22. The van der Waals surface area contributed by atoms with Gasteiger partial charge in [-0.3, -0.25) is 4.79 Å². The van der Waals surface area contributed by atoms with E-state index in [9.17, 15) is 9.18 Å². The SMILES string of the molecule is Cc1nc2ccc(CCC(=O)N3CCO[C@@H](c4cccc(-c5cccc(F)c5)n4)C3)cc2[nH]1. The maximum Gasteiger partial charge on any atom is 0.223 e. The molecule has 2 aromatic carbocycles. The first-order valence-corrected chi connectivity index (χ1v) is 11.1. The Morgan fingerprint density at radius 2 is 2.03 bits per heavy atom. The highest BCUT2D eigenvalue weighted by atomic mass is 19.1. The smallest absolute Gasteiger partial charge is 0.223 e. The lowest BCUT2D eigenvalue weighted by Gasteiger charge is -2.33. The summed E-state index contributed by atoms with van der Waals surface area (Å²) in [6, 6.07) is 18.1. The monoisotopic (exact) mass is 444 g/mol. The molecule has 0 spiro atoms. The molecule has 5 rings (SSSR count). The van der Waals surface area contributed by atoms with Gasteiger partial charge in [0.15, 0.2) is 0 Å². The van der Waals surface area contributed by atoms with Crippen LogP contribution >= 0.6 is 0 Å². The Labute approximate surface area is 191 Å². The molecule has 33 heavy (non-hydrogen) atoms. The Kier molecular flexibility index (Phi) is 5.88. The van der Waals surface area contributed by atoms with Crippen LogP contribution in [-0.2, 0) is 16.0 Å². The molecule has 1 fully saturated rings. The lowest BCUT2D eigenvalue weighted by Crippen LogP contribution is -2.42. The minimum atomic E-state index is -0.305. The first-order chi connectivity index (χ1) is 16.0. The molecule has 1 amide bonds. The number of rotatable bonds is 5. The lowest BCUT2D eigenvalue weighted by atomic mass is 10.1. The Morgan fingerprint density at radius 1 is 1.15 bits per heavy atom. The van der Waals surface area contributed by atoms with Crippen molar-refractivity contribution in [2.45, 2.75) is 25.9 Å². The fraction of sp³-hybridized carbons (Fsp3) is 0.269. The van der Waals surface area contributed by atoms with E-state index in [1.807, 2.05) is 48.2 Å². The van der Waals surface area contributed by atoms with E-state index in [2.05, 4.69) is 21.0 Å². The quantitative estimate of drug-likeness (QED) is 0.488. The fourth-order valence-corrected chi connectivity index (χ4v) is 4.24. The number of nitrogens with one attached hydrogen (secondary N) is 1. The van der Waals surface area contributed by atoms with Crippen molar-refractivity contribution < 1.29 is 13.9 Å². The highest BCUT2D eigenvalue weighted by Crippen LogP contribution is 2.25. The van der Waals surface area contributed by atoms with Crippen LogP contribution in [0.15, 0.2) is 60.7 Å². The Balaban J connectivity index is 1.24. The number of carbonyl (C=O) groups is 1. The van der Waals surface area contributed by atoms with Crippen molar-refractivity contribution in [1.29, 1.82) is 0 Å². The number of ether oxygens (including phenoxy) is 1. The maximum atomic E-state index is 13.6. The molecule has 6 nitrogen and oxygen atoms in total. The topological polar surface area (TPSA) is 71.1 Å². The number of hydrogen-bond acceptors (Lipinski definition) is 4. The molecule has 1 N–H and O–H groups in total. The number of aromatic nitrogens is 3. The second kappa shape index (κ2) is 9.11. The summed E-state index contributed by atoms with van der Waals surface area (Å²) < 4.78 is 19.6. The van der Waals surface area contributed by atoms with E-state index in [4.69, 9.17) is 4.74 Å². The molecule has 7 heteroatoms. The molecule has 0 saturated carbocycles. The van der Waals surface area contributed by atoms with Crippen molar-refractivity contribution in [3.63, 3.8) is 0 Å². The third kappa shape index (κ3) is 4.78. The van der Waals surface area contributed by atoms with Crippen molar-refractivity contribution in [2.75, 3.05) is 19.7 Å². The number of aromatic amines is 1. The second-order valence-electron chi connectivity index (χ2n) is 8.33. The van der Waals surface area contributed by atoms with Crippen molar-refractivity contribution in [2.24, 2.45) is 0 Å². The Hall–Kier alpha value is -3.58. The van der Waals surface area contributed by atoms with Crippen LogP contribution in [0.25, 0.3) is 22.3 Å². The van der Waals surface area contributed by atoms with E-state index in [0.29, 0.717) is 43.8 Å². The first kappa shape index (κ1) is 21.3. The molecule has 0 bridgehead atoms. The number of imidazole rings is 1. The molecule has 168 valence electrons. The Bertz CT molecular complexity index is 1300. The number of halogens is 1. The molecular weight excluding hydrogens is 419 g/mol. The zero-order valence-electron chi connectivity index (χ0n) is 18.4. The number of aryl methyl sites for hydroxylation is 2. The van der Waals surface area contributed by atoms with E-state index >= 15 is 0 Å². The third-order valence-corrected chi connectivity index (χ3v) is 5.93. The first-order valence-electron chi connectivity index (χ1n) is 11.1. The van der Waals surface area contributed by atoms with Gasteiger partial charge in [-0.25, -0.2) is 14.4 Å². The summed E-state index contributed by atoms with van der Waals surface area (Å²) in [7, 11) is 0. The van der Waals surface area contributed by atoms with E-state index in [-0.39, 0.29) is 17.8 Å². The number of amides is 1. The minimum absolute atomic E-state index is 0.102. The molecule has 2 aromatic heterocycles. The number of benzene rings is 2. The van der Waals surface area contributed by atoms with Gasteiger partial charge < -0.3 is 14.6 Å². The van der Waals surface area contributed by atoms with E-state index < -0.39 is 0 Å². The van der Waals surface area contributed by atoms with Crippen LogP contribution in [0.5, 0.6) is 0 Å². The van der Waals surface area contributed by atoms with Crippen LogP contribution in [0.2, 0.25) is 0 Å². The minimum Gasteiger partial charge on any atom is -0.368 e. The normalized spacial score (nSPS) is 16.3. The van der Waals surface area contributed by atoms with Gasteiger partial charge in [0.05, 0.1) is 35.6 Å². The summed E-state index contributed by atoms with van der Waals surface area (Å²) in [5.74, 6) is 0.686. The van der Waals surface area contributed by atoms with Crippen molar-refractivity contribution >= 4 is 16.9 Å². The summed E-state index contributed by atoms with van der Waals surface area (Å²) in [6.07, 6.45) is 0.796. The summed E-state index contributed by atoms with van der Waals surface area (Å²) in [5.41, 5.74) is 5.18. The third-order valence-electron chi connectivity index (χ3n) is 5.93. The van der Waals surface area contributed by atoms with Gasteiger partial charge in [-0.15, -0.1) is 0 Å². The van der Waals surface area contributed by atoms with E-state index in [1.165, 1.54) is 12.1 Å². The lowest BCUT2D eigenvalue weighted by molar-refractivity contribution is -0.139. The van der Waals surface area contributed by atoms with Gasteiger partial charge in [-0.2, -0.15) is 0 Å². The largest absolute Gasteiger partial charge is 0.368 e. The van der Waals surface area contributed by atoms with E-state index in [0.717, 1.165) is 28.1 Å². The fourth-order valence-electron chi connectivity index (χ4n) is 4.24. The zero-order valence-corrected chi connectivity index (χ0v) is 18.4. The molecule has 1 aliphatic heterocycles. The number of hydrogen-bond donors (Lipinski definition) is 1. The number of carbonyl (C=O) groups excluding carboxylic acids is 1. The summed E-state index contributed by atoms with van der Waals surface area (Å²) >= 11 is 0. The van der Waals surface area contributed by atoms with Gasteiger partial charge >= 0.3 is 0 Å². The average molecular weight is 445 g/mol. The molecule has 1 atom stereocenters. The van der Waals surface area contributed by atoms with Crippen molar-refractivity contribution in [1.82, 2.24) is 19.9 Å². The summed E-state index contributed by atoms with van der Waals surface area (Å²) in [6.45, 7) is 3.41. The molecule has 1 saturated heterocycles. The predicted octanol–water partition coefficient (Wildman–Crippen LogP) is 4.61. The molecule has 3 heterocycles. The highest BCUT2D eigenvalue weighted by molar-refractivity contribution is 5.78. The zero-order chi connectivity index (χ0) is 22.8. The van der Waals surface area contributed by atoms with Crippen molar-refractivity contribution in [3.05, 3.63) is 83.6 Å². The number of nitrogens with zero attached hydrogens (tertiary/aromatic N) is 3. The van der Waals surface area contributed by atoms with Crippen LogP contribution in [0.3, 0.4) is 0 Å².